The second-order valence-electron chi connectivity index (χ2n) is 6.90. The number of pyridine rings is 1. The number of hydrogen-bond donors (Lipinski definition) is 1. The molecule has 2 aliphatic rings. The summed E-state index contributed by atoms with van der Waals surface area (Å²) in [6, 6.07) is 6.46. The molecule has 4 heterocycles. The van der Waals surface area contributed by atoms with Crippen molar-refractivity contribution >= 4 is 17.2 Å². The Kier molecular flexibility index (Phi) is 4.52. The minimum absolute atomic E-state index is 0.00326. The summed E-state index contributed by atoms with van der Waals surface area (Å²) >= 11 is 1.76. The summed E-state index contributed by atoms with van der Waals surface area (Å²) in [5.74, 6) is 0.967. The Balaban J connectivity index is 1.38. The van der Waals surface area contributed by atoms with Crippen molar-refractivity contribution in [1.29, 1.82) is 0 Å². The smallest absolute Gasteiger partial charge is 0.126 e. The fourth-order valence-corrected chi connectivity index (χ4v) is 4.65. The highest BCUT2D eigenvalue weighted by Gasteiger charge is 2.43. The normalized spacial score (nSPS) is 27.6. The van der Waals surface area contributed by atoms with Crippen molar-refractivity contribution in [1.82, 2.24) is 14.9 Å². The van der Waals surface area contributed by atoms with Gasteiger partial charge in [-0.25, -0.2) is 9.97 Å². The maximum Gasteiger partial charge on any atom is 0.126 e. The maximum atomic E-state index is 6.26. The van der Waals surface area contributed by atoms with Crippen LogP contribution in [0.25, 0.3) is 0 Å². The number of hydrogen-bond acceptors (Lipinski definition) is 6. The highest BCUT2D eigenvalue weighted by Crippen LogP contribution is 2.36. The van der Waals surface area contributed by atoms with Crippen LogP contribution in [-0.2, 0) is 11.3 Å². The molecule has 0 bridgehead atoms. The number of aromatic nitrogens is 2. The largest absolute Gasteiger partial charge is 0.373 e. The third-order valence-corrected chi connectivity index (χ3v) is 6.04. The van der Waals surface area contributed by atoms with Gasteiger partial charge in [-0.1, -0.05) is 6.07 Å². The first-order valence-corrected chi connectivity index (χ1v) is 9.53. The molecule has 1 N–H and O–H groups in total. The van der Waals surface area contributed by atoms with E-state index in [0.717, 1.165) is 51.3 Å². The molecule has 6 heteroatoms. The number of anilines is 1. The Morgan fingerprint density at radius 1 is 1.42 bits per heavy atom. The highest BCUT2D eigenvalue weighted by atomic mass is 32.1. The third kappa shape index (κ3) is 3.45. The Labute approximate surface area is 147 Å². The van der Waals surface area contributed by atoms with Gasteiger partial charge in [-0.05, 0) is 38.3 Å². The lowest BCUT2D eigenvalue weighted by molar-refractivity contribution is -0.0737. The lowest BCUT2D eigenvalue weighted by Gasteiger charge is -2.38. The van der Waals surface area contributed by atoms with Crippen LogP contribution in [0.15, 0.2) is 29.9 Å². The molecule has 0 amide bonds. The zero-order valence-corrected chi connectivity index (χ0v) is 14.9. The summed E-state index contributed by atoms with van der Waals surface area (Å²) < 4.78 is 6.26. The summed E-state index contributed by atoms with van der Waals surface area (Å²) in [5.41, 5.74) is 3.11. The van der Waals surface area contributed by atoms with E-state index in [1.165, 1.54) is 10.6 Å². The number of thiazole rings is 1. The van der Waals surface area contributed by atoms with Crippen LogP contribution in [0.1, 0.15) is 29.8 Å². The number of nitrogens with one attached hydrogen (secondary N) is 1. The molecule has 5 nitrogen and oxygen atoms in total. The lowest BCUT2D eigenvalue weighted by Crippen LogP contribution is -2.46. The summed E-state index contributed by atoms with van der Waals surface area (Å²) in [7, 11) is 0. The van der Waals surface area contributed by atoms with E-state index in [0.29, 0.717) is 6.04 Å². The molecule has 2 aromatic heterocycles. The van der Waals surface area contributed by atoms with E-state index in [4.69, 9.17) is 4.74 Å². The third-order valence-electron chi connectivity index (χ3n) is 5.12. The molecular weight excluding hydrogens is 320 g/mol. The predicted octanol–water partition coefficient (Wildman–Crippen LogP) is 3.08. The van der Waals surface area contributed by atoms with Crippen LogP contribution >= 0.6 is 11.3 Å². The Hall–Kier alpha value is -1.50. The molecule has 2 aliphatic heterocycles. The predicted molar refractivity (Wildman–Crippen MR) is 96.3 cm³/mol. The number of aryl methyl sites for hydroxylation is 1. The van der Waals surface area contributed by atoms with E-state index in [9.17, 15) is 0 Å². The Bertz CT molecular complexity index is 677. The van der Waals surface area contributed by atoms with Crippen LogP contribution in [-0.4, -0.2) is 46.2 Å². The van der Waals surface area contributed by atoms with Crippen LogP contribution in [0, 0.1) is 6.92 Å². The van der Waals surface area contributed by atoms with Gasteiger partial charge in [-0.15, -0.1) is 11.3 Å². The van der Waals surface area contributed by atoms with Gasteiger partial charge >= 0.3 is 0 Å². The van der Waals surface area contributed by atoms with E-state index in [-0.39, 0.29) is 5.60 Å². The number of ether oxygens (including phenoxy) is 1. The monoisotopic (exact) mass is 344 g/mol. The van der Waals surface area contributed by atoms with Crippen LogP contribution < -0.4 is 5.32 Å². The lowest BCUT2D eigenvalue weighted by atomic mass is 9.89. The molecule has 2 saturated heterocycles. The van der Waals surface area contributed by atoms with E-state index in [2.05, 4.69) is 27.1 Å². The quantitative estimate of drug-likeness (QED) is 0.924. The standard InChI is InChI=1S/C18H24N4OS/c1-14-16(24-13-20-14)11-22-8-6-18(12-22)10-15(5-9-23-18)21-17-4-2-3-7-19-17/h2-4,7,13,15H,5-6,8-12H2,1H3,(H,19,21)/t15-,18+/m1/s1. The van der Waals surface area contributed by atoms with Gasteiger partial charge in [0, 0.05) is 43.4 Å². The van der Waals surface area contributed by atoms with E-state index in [1.54, 1.807) is 11.3 Å². The summed E-state index contributed by atoms with van der Waals surface area (Å²) in [5, 5.41) is 3.58. The molecule has 0 aromatic carbocycles. The summed E-state index contributed by atoms with van der Waals surface area (Å²) in [4.78, 5) is 12.7. The van der Waals surface area contributed by atoms with Gasteiger partial charge < -0.3 is 10.1 Å². The topological polar surface area (TPSA) is 50.3 Å². The van der Waals surface area contributed by atoms with Gasteiger partial charge in [-0.3, -0.25) is 4.90 Å². The van der Waals surface area contributed by atoms with E-state index < -0.39 is 0 Å². The minimum Gasteiger partial charge on any atom is -0.373 e. The van der Waals surface area contributed by atoms with Gasteiger partial charge in [0.1, 0.15) is 5.82 Å². The highest BCUT2D eigenvalue weighted by molar-refractivity contribution is 7.09. The second kappa shape index (κ2) is 6.78. The average Bonchev–Trinajstić information content (AvgIpc) is 3.16. The van der Waals surface area contributed by atoms with Crippen LogP contribution in [0.2, 0.25) is 0 Å². The molecular formula is C18H24N4OS. The van der Waals surface area contributed by atoms with E-state index >= 15 is 0 Å². The van der Waals surface area contributed by atoms with Crippen molar-refractivity contribution in [3.63, 3.8) is 0 Å². The molecule has 0 unspecified atom stereocenters. The Morgan fingerprint density at radius 3 is 3.17 bits per heavy atom. The molecule has 0 radical (unpaired) electrons. The first-order chi connectivity index (χ1) is 11.7. The molecule has 1 spiro atoms. The molecule has 4 rings (SSSR count). The number of nitrogens with zero attached hydrogens (tertiary/aromatic N) is 3. The minimum atomic E-state index is 0.00326. The van der Waals surface area contributed by atoms with Crippen molar-refractivity contribution in [2.24, 2.45) is 0 Å². The molecule has 2 fully saturated rings. The summed E-state index contributed by atoms with van der Waals surface area (Å²) in [6.07, 6.45) is 5.06. The van der Waals surface area contributed by atoms with Crippen molar-refractivity contribution in [3.05, 3.63) is 40.5 Å². The fraction of sp³-hybridized carbons (Fsp3) is 0.556. The van der Waals surface area contributed by atoms with Gasteiger partial charge in [0.05, 0.1) is 16.8 Å². The summed E-state index contributed by atoms with van der Waals surface area (Å²) in [6.45, 7) is 6.05. The second-order valence-corrected chi connectivity index (χ2v) is 7.84. The van der Waals surface area contributed by atoms with Gasteiger partial charge in [0.2, 0.25) is 0 Å². The molecule has 0 aliphatic carbocycles. The fourth-order valence-electron chi connectivity index (χ4n) is 3.84. The SMILES string of the molecule is Cc1ncsc1CN1CC[C@]2(C[C@H](Nc3ccccn3)CCO2)C1. The zero-order valence-electron chi connectivity index (χ0n) is 14.1. The average molecular weight is 344 g/mol. The molecule has 0 saturated carbocycles. The van der Waals surface area contributed by atoms with Crippen LogP contribution in [0.4, 0.5) is 5.82 Å². The molecule has 2 atom stereocenters. The molecule has 2 aromatic rings. The van der Waals surface area contributed by atoms with Crippen molar-refractivity contribution in [3.8, 4) is 0 Å². The van der Waals surface area contributed by atoms with E-state index in [1.807, 2.05) is 29.9 Å². The first kappa shape index (κ1) is 16.0. The van der Waals surface area contributed by atoms with Crippen molar-refractivity contribution < 1.29 is 4.74 Å². The van der Waals surface area contributed by atoms with Crippen molar-refractivity contribution in [2.45, 2.75) is 44.4 Å². The van der Waals surface area contributed by atoms with Crippen LogP contribution in [0.3, 0.4) is 0 Å². The van der Waals surface area contributed by atoms with Gasteiger partial charge in [-0.2, -0.15) is 0 Å². The van der Waals surface area contributed by atoms with Gasteiger partial charge in [0.15, 0.2) is 0 Å². The molecule has 128 valence electrons. The molecule has 24 heavy (non-hydrogen) atoms. The van der Waals surface area contributed by atoms with Gasteiger partial charge in [0.25, 0.3) is 0 Å². The first-order valence-electron chi connectivity index (χ1n) is 8.65. The number of likely N-dealkylation sites (tertiary alicyclic amines) is 1. The number of rotatable bonds is 4. The zero-order chi connectivity index (χ0) is 16.4. The maximum absolute atomic E-state index is 6.26. The van der Waals surface area contributed by atoms with Crippen LogP contribution in [0.5, 0.6) is 0 Å². The Morgan fingerprint density at radius 2 is 2.38 bits per heavy atom. The van der Waals surface area contributed by atoms with Crippen molar-refractivity contribution in [2.75, 3.05) is 25.0 Å².